The molecular weight excluding hydrogens is 404 g/mol. The van der Waals surface area contributed by atoms with Gasteiger partial charge in [0.2, 0.25) is 0 Å². The topological polar surface area (TPSA) is 75.8 Å². The Labute approximate surface area is 182 Å². The molecule has 0 saturated carbocycles. The molecule has 162 valence electrons. The van der Waals surface area contributed by atoms with Gasteiger partial charge < -0.3 is 14.5 Å². The highest BCUT2D eigenvalue weighted by Gasteiger charge is 2.52. The second-order valence-corrected chi connectivity index (χ2v) is 9.30. The summed E-state index contributed by atoms with van der Waals surface area (Å²) in [5.41, 5.74) is 0.966. The Balaban J connectivity index is 1.80. The van der Waals surface area contributed by atoms with Crippen molar-refractivity contribution >= 4 is 29.2 Å². The van der Waals surface area contributed by atoms with E-state index >= 15 is 0 Å². The van der Waals surface area contributed by atoms with Crippen molar-refractivity contribution in [3.8, 4) is 0 Å². The summed E-state index contributed by atoms with van der Waals surface area (Å²) in [4.78, 5) is 21.7. The van der Waals surface area contributed by atoms with Gasteiger partial charge >= 0.3 is 6.09 Å². The Morgan fingerprint density at radius 1 is 1.30 bits per heavy atom. The van der Waals surface area contributed by atoms with Crippen molar-refractivity contribution in [3.63, 3.8) is 0 Å². The highest BCUT2D eigenvalue weighted by atomic mass is 35.5. The Kier molecular flexibility index (Phi) is 5.16. The van der Waals surface area contributed by atoms with Crippen molar-refractivity contribution in [3.05, 3.63) is 29.0 Å². The average molecular weight is 433 g/mol. The first-order valence-corrected chi connectivity index (χ1v) is 10.9. The predicted molar refractivity (Wildman–Crippen MR) is 116 cm³/mol. The number of allylic oxidation sites excluding steroid dienone is 2. The molecule has 30 heavy (non-hydrogen) atoms. The van der Waals surface area contributed by atoms with Crippen molar-refractivity contribution in [1.82, 2.24) is 24.6 Å². The van der Waals surface area contributed by atoms with Crippen molar-refractivity contribution < 1.29 is 9.53 Å². The number of hydrogen-bond donors (Lipinski definition) is 0. The lowest BCUT2D eigenvalue weighted by atomic mass is 9.86. The quantitative estimate of drug-likeness (QED) is 0.661. The third-order valence-corrected chi connectivity index (χ3v) is 6.32. The Bertz CT molecular complexity index is 957. The summed E-state index contributed by atoms with van der Waals surface area (Å²) in [5, 5.41) is 9.24. The van der Waals surface area contributed by atoms with Gasteiger partial charge in [-0.2, -0.15) is 0 Å². The lowest BCUT2D eigenvalue weighted by Crippen LogP contribution is -2.66. The number of piperazine rings is 1. The molecule has 1 saturated heterocycles. The van der Waals surface area contributed by atoms with E-state index in [9.17, 15) is 4.79 Å². The fourth-order valence-electron chi connectivity index (χ4n) is 4.41. The van der Waals surface area contributed by atoms with Gasteiger partial charge in [-0.05, 0) is 45.6 Å². The zero-order chi connectivity index (χ0) is 21.7. The number of amidine groups is 1. The fourth-order valence-corrected chi connectivity index (χ4v) is 4.70. The van der Waals surface area contributed by atoms with E-state index in [1.807, 2.05) is 25.3 Å². The molecule has 0 bridgehead atoms. The summed E-state index contributed by atoms with van der Waals surface area (Å²) in [7, 11) is 0. The molecule has 8 nitrogen and oxygen atoms in total. The van der Waals surface area contributed by atoms with Crippen LogP contribution in [0, 0.1) is 0 Å². The number of rotatable bonds is 2. The molecule has 1 fully saturated rings. The molecule has 4 rings (SSSR count). The van der Waals surface area contributed by atoms with E-state index in [0.29, 0.717) is 24.8 Å². The van der Waals surface area contributed by atoms with E-state index in [0.717, 1.165) is 42.2 Å². The van der Waals surface area contributed by atoms with Crippen LogP contribution in [0.3, 0.4) is 0 Å². The van der Waals surface area contributed by atoms with Crippen LogP contribution in [-0.2, 0) is 10.3 Å². The van der Waals surface area contributed by atoms with Crippen molar-refractivity contribution in [2.75, 3.05) is 19.6 Å². The number of aliphatic imine (C=N–C) groups is 1. The first-order valence-electron chi connectivity index (χ1n) is 10.5. The van der Waals surface area contributed by atoms with Gasteiger partial charge in [-0.15, -0.1) is 10.2 Å². The van der Waals surface area contributed by atoms with E-state index in [4.69, 9.17) is 21.3 Å². The van der Waals surface area contributed by atoms with Crippen LogP contribution in [0.25, 0.3) is 5.70 Å². The van der Waals surface area contributed by atoms with Gasteiger partial charge in [0.25, 0.3) is 0 Å². The molecule has 0 aliphatic carbocycles. The number of amides is 1. The molecule has 9 heteroatoms. The van der Waals surface area contributed by atoms with E-state index in [1.54, 1.807) is 11.2 Å². The van der Waals surface area contributed by atoms with Gasteiger partial charge in [-0.1, -0.05) is 31.5 Å². The smallest absolute Gasteiger partial charge is 0.410 e. The molecule has 0 aromatic carbocycles. The van der Waals surface area contributed by atoms with Crippen molar-refractivity contribution in [1.29, 1.82) is 0 Å². The number of nitrogens with zero attached hydrogens (tertiary/aromatic N) is 6. The summed E-state index contributed by atoms with van der Waals surface area (Å²) in [6, 6.07) is 0. The van der Waals surface area contributed by atoms with Crippen LogP contribution < -0.4 is 0 Å². The van der Waals surface area contributed by atoms with Crippen LogP contribution in [0.5, 0.6) is 0 Å². The zero-order valence-electron chi connectivity index (χ0n) is 18.3. The SMILES string of the molecule is CCC1=C(Cl)N=C2C(=CC1)n1cnnc1C1(CC)CN(C(=O)OC(C)(C)C)CCN21. The molecule has 3 aliphatic rings. The largest absolute Gasteiger partial charge is 0.444 e. The first-order chi connectivity index (χ1) is 14.2. The number of halogens is 1. The standard InChI is InChI=1S/C21H29ClN6O2/c1-6-14-8-9-15-17(24-16(14)22)28-11-10-26(19(29)30-20(3,4)5)12-21(28,7-2)18-25-23-13-27(15)18/h9,13H,6-8,10-12H2,1-5H3. The molecule has 3 aliphatic heterocycles. The number of ether oxygens (including phenoxy) is 1. The predicted octanol–water partition coefficient (Wildman–Crippen LogP) is 3.95. The summed E-state index contributed by atoms with van der Waals surface area (Å²) in [5.74, 6) is 1.64. The van der Waals surface area contributed by atoms with Crippen molar-refractivity contribution in [2.45, 2.75) is 65.0 Å². The highest BCUT2D eigenvalue weighted by molar-refractivity contribution is 6.32. The summed E-state index contributed by atoms with van der Waals surface area (Å²) in [6.07, 6.45) is 5.89. The minimum atomic E-state index is -0.546. The van der Waals surface area contributed by atoms with E-state index in [-0.39, 0.29) is 6.09 Å². The Hall–Kier alpha value is -2.35. The van der Waals surface area contributed by atoms with E-state index < -0.39 is 11.1 Å². The Morgan fingerprint density at radius 3 is 2.73 bits per heavy atom. The second-order valence-electron chi connectivity index (χ2n) is 8.94. The lowest BCUT2D eigenvalue weighted by Gasteiger charge is -2.53. The minimum Gasteiger partial charge on any atom is -0.444 e. The first kappa shape index (κ1) is 20.9. The maximum Gasteiger partial charge on any atom is 0.410 e. The van der Waals surface area contributed by atoms with Gasteiger partial charge in [-0.25, -0.2) is 9.79 Å². The molecule has 1 unspecified atom stereocenters. The van der Waals surface area contributed by atoms with Crippen LogP contribution >= 0.6 is 11.6 Å². The summed E-state index contributed by atoms with van der Waals surface area (Å²) < 4.78 is 7.64. The number of carbonyl (C=O) groups excluding carboxylic acids is 1. The lowest BCUT2D eigenvalue weighted by molar-refractivity contribution is -0.0116. The van der Waals surface area contributed by atoms with Gasteiger partial charge in [0.05, 0.1) is 12.2 Å². The van der Waals surface area contributed by atoms with Gasteiger partial charge in [0.1, 0.15) is 22.6 Å². The highest BCUT2D eigenvalue weighted by Crippen LogP contribution is 2.43. The third-order valence-electron chi connectivity index (χ3n) is 5.97. The van der Waals surface area contributed by atoms with Gasteiger partial charge in [-0.3, -0.25) is 4.57 Å². The summed E-state index contributed by atoms with van der Waals surface area (Å²) >= 11 is 6.59. The maximum atomic E-state index is 12.8. The molecule has 4 heterocycles. The summed E-state index contributed by atoms with van der Waals surface area (Å²) in [6.45, 7) is 11.4. The molecule has 0 radical (unpaired) electrons. The minimum absolute atomic E-state index is 0.309. The maximum absolute atomic E-state index is 12.8. The number of fused-ring (bicyclic) bond motifs is 6. The molecule has 0 N–H and O–H groups in total. The van der Waals surface area contributed by atoms with Crippen LogP contribution in [0.15, 0.2) is 28.1 Å². The van der Waals surface area contributed by atoms with E-state index in [2.05, 4.69) is 35.0 Å². The molecule has 0 spiro atoms. The number of aromatic nitrogens is 3. The van der Waals surface area contributed by atoms with E-state index in [1.165, 1.54) is 0 Å². The normalized spacial score (nSPS) is 23.8. The second kappa shape index (κ2) is 7.41. The number of hydrogen-bond acceptors (Lipinski definition) is 6. The van der Waals surface area contributed by atoms with Crippen LogP contribution in [-0.4, -0.2) is 61.7 Å². The average Bonchev–Trinajstić information content (AvgIpc) is 3.12. The molecule has 1 aromatic heterocycles. The Morgan fingerprint density at radius 2 is 2.07 bits per heavy atom. The molecular formula is C21H29ClN6O2. The fraction of sp³-hybridized carbons (Fsp3) is 0.619. The zero-order valence-corrected chi connectivity index (χ0v) is 19.0. The molecule has 1 amide bonds. The van der Waals surface area contributed by atoms with Crippen LogP contribution in [0.4, 0.5) is 4.79 Å². The van der Waals surface area contributed by atoms with Crippen LogP contribution in [0.2, 0.25) is 0 Å². The molecule has 1 aromatic rings. The van der Waals surface area contributed by atoms with Crippen molar-refractivity contribution in [2.24, 2.45) is 4.99 Å². The van der Waals surface area contributed by atoms with Gasteiger partial charge in [0, 0.05) is 13.1 Å². The third kappa shape index (κ3) is 3.31. The number of carbonyl (C=O) groups is 1. The van der Waals surface area contributed by atoms with Crippen LogP contribution in [0.1, 0.15) is 59.7 Å². The molecule has 1 atom stereocenters. The van der Waals surface area contributed by atoms with Gasteiger partial charge in [0.15, 0.2) is 11.7 Å². The monoisotopic (exact) mass is 432 g/mol.